The minimum absolute atomic E-state index is 0.112. The number of nitrogens with zero attached hydrogens (tertiary/aromatic N) is 2. The van der Waals surface area contributed by atoms with Crippen LogP contribution in [0.5, 0.6) is 0 Å². The van der Waals surface area contributed by atoms with Crippen molar-refractivity contribution in [2.45, 2.75) is 58.0 Å². The summed E-state index contributed by atoms with van der Waals surface area (Å²) in [6, 6.07) is 7.36. The Hall–Kier alpha value is -3.03. The fraction of sp³-hybridized carbons (Fsp3) is 0.500. The van der Waals surface area contributed by atoms with Gasteiger partial charge in [-0.25, -0.2) is 9.69 Å². The summed E-state index contributed by atoms with van der Waals surface area (Å²) in [4.78, 5) is 63.8. The highest BCUT2D eigenvalue weighted by Crippen LogP contribution is 2.31. The molecule has 1 heterocycles. The monoisotopic (exact) mass is 413 g/mol. The van der Waals surface area contributed by atoms with Crippen LogP contribution in [-0.2, 0) is 25.6 Å². The smallest absolute Gasteiger partial charge is 0.334 e. The molecule has 0 aromatic heterocycles. The fourth-order valence-electron chi connectivity index (χ4n) is 4.16. The molecule has 1 saturated heterocycles. The number of nitrogens with one attached hydrogen (secondary N) is 1. The first-order chi connectivity index (χ1) is 14.3. The van der Waals surface area contributed by atoms with Gasteiger partial charge in [0.25, 0.3) is 0 Å². The van der Waals surface area contributed by atoms with Crippen molar-refractivity contribution in [3.63, 3.8) is 0 Å². The van der Waals surface area contributed by atoms with E-state index in [-0.39, 0.29) is 17.7 Å². The standard InChI is InChI=1S/C22H27N3O5/c1-14-8-6-7-11-18(14)25-21(29)20(28)24(22(25)30)13-19(27)23-17(15(2)26)12-16-9-4-3-5-10-16/h3-5,9-10,14,17-18H,6-8,11-13H2,1-2H3,(H,23,27)/t14-,17+,18-/m1/s1. The van der Waals surface area contributed by atoms with Gasteiger partial charge in [0.2, 0.25) is 5.91 Å². The zero-order chi connectivity index (χ0) is 21.8. The van der Waals surface area contributed by atoms with Crippen LogP contribution in [0.15, 0.2) is 30.3 Å². The lowest BCUT2D eigenvalue weighted by molar-refractivity contribution is -0.145. The highest BCUT2D eigenvalue weighted by molar-refractivity contribution is 6.45. The van der Waals surface area contributed by atoms with Crippen LogP contribution in [0.3, 0.4) is 0 Å². The SMILES string of the molecule is CC(=O)[C@H](Cc1ccccc1)NC(=O)CN1C(=O)C(=O)N([C@@H]2CCCC[C@H]2C)C1=O. The van der Waals surface area contributed by atoms with Gasteiger partial charge in [-0.1, -0.05) is 50.1 Å². The van der Waals surface area contributed by atoms with Gasteiger partial charge in [-0.15, -0.1) is 0 Å². The van der Waals surface area contributed by atoms with Gasteiger partial charge in [0, 0.05) is 6.04 Å². The lowest BCUT2D eigenvalue weighted by Crippen LogP contribution is -2.49. The number of carbonyl (C=O) groups excluding carboxylic acids is 5. The maximum Gasteiger partial charge on any atom is 0.334 e. The van der Waals surface area contributed by atoms with Gasteiger partial charge >= 0.3 is 17.8 Å². The summed E-state index contributed by atoms with van der Waals surface area (Å²) in [6.45, 7) is 2.75. The molecule has 1 N–H and O–H groups in total. The van der Waals surface area contributed by atoms with E-state index in [1.807, 2.05) is 37.3 Å². The molecule has 5 amide bonds. The van der Waals surface area contributed by atoms with Crippen molar-refractivity contribution in [3.8, 4) is 0 Å². The maximum absolute atomic E-state index is 12.8. The number of hydrogen-bond donors (Lipinski definition) is 1. The van der Waals surface area contributed by atoms with Crippen LogP contribution >= 0.6 is 0 Å². The van der Waals surface area contributed by atoms with Crippen LogP contribution in [0.4, 0.5) is 4.79 Å². The molecule has 1 aromatic rings. The van der Waals surface area contributed by atoms with Crippen LogP contribution < -0.4 is 5.32 Å². The van der Waals surface area contributed by atoms with Crippen LogP contribution in [0.1, 0.15) is 45.1 Å². The molecule has 30 heavy (non-hydrogen) atoms. The van der Waals surface area contributed by atoms with Crippen molar-refractivity contribution in [3.05, 3.63) is 35.9 Å². The average Bonchev–Trinajstić information content (AvgIpc) is 2.92. The van der Waals surface area contributed by atoms with Crippen molar-refractivity contribution >= 4 is 29.5 Å². The van der Waals surface area contributed by atoms with Crippen molar-refractivity contribution in [2.75, 3.05) is 6.54 Å². The molecule has 0 spiro atoms. The Morgan fingerprint density at radius 1 is 1.07 bits per heavy atom. The number of rotatable bonds is 7. The minimum atomic E-state index is -0.990. The molecule has 0 bridgehead atoms. The molecule has 1 aromatic carbocycles. The normalized spacial score (nSPS) is 22.9. The van der Waals surface area contributed by atoms with E-state index in [4.69, 9.17) is 0 Å². The third-order valence-corrected chi connectivity index (χ3v) is 5.89. The van der Waals surface area contributed by atoms with E-state index in [0.717, 1.165) is 29.7 Å². The van der Waals surface area contributed by atoms with Gasteiger partial charge in [0.1, 0.15) is 6.54 Å². The number of hydrogen-bond acceptors (Lipinski definition) is 5. The second-order valence-electron chi connectivity index (χ2n) is 8.10. The number of ketones is 1. The minimum Gasteiger partial charge on any atom is -0.344 e. The summed E-state index contributed by atoms with van der Waals surface area (Å²) in [6.07, 6.45) is 3.77. The van der Waals surface area contributed by atoms with Crippen molar-refractivity contribution in [1.82, 2.24) is 15.1 Å². The van der Waals surface area contributed by atoms with Crippen LogP contribution in [0.2, 0.25) is 0 Å². The Kier molecular flexibility index (Phi) is 6.64. The molecular weight excluding hydrogens is 386 g/mol. The Morgan fingerprint density at radius 3 is 2.37 bits per heavy atom. The summed E-state index contributed by atoms with van der Waals surface area (Å²) < 4.78 is 0. The number of amides is 5. The van der Waals surface area contributed by atoms with E-state index in [1.54, 1.807) is 0 Å². The van der Waals surface area contributed by atoms with Gasteiger partial charge in [0.15, 0.2) is 5.78 Å². The summed E-state index contributed by atoms with van der Waals surface area (Å²) in [5, 5.41) is 2.59. The van der Waals surface area contributed by atoms with Gasteiger partial charge < -0.3 is 5.32 Å². The van der Waals surface area contributed by atoms with Crippen LogP contribution in [-0.4, -0.2) is 58.0 Å². The first-order valence-corrected chi connectivity index (χ1v) is 10.3. The van der Waals surface area contributed by atoms with Gasteiger partial charge in [-0.05, 0) is 37.7 Å². The molecule has 3 rings (SSSR count). The Balaban J connectivity index is 1.66. The molecule has 0 radical (unpaired) electrons. The summed E-state index contributed by atoms with van der Waals surface area (Å²) in [5.41, 5.74) is 0.874. The van der Waals surface area contributed by atoms with Crippen molar-refractivity contribution in [1.29, 1.82) is 0 Å². The molecule has 8 heteroatoms. The summed E-state index contributed by atoms with van der Waals surface area (Å²) >= 11 is 0. The molecule has 2 aliphatic rings. The Morgan fingerprint density at radius 2 is 1.73 bits per heavy atom. The van der Waals surface area contributed by atoms with Gasteiger partial charge in [-0.2, -0.15) is 0 Å². The van der Waals surface area contributed by atoms with Crippen molar-refractivity contribution < 1.29 is 24.0 Å². The molecular formula is C22H27N3O5. The highest BCUT2D eigenvalue weighted by atomic mass is 16.2. The van der Waals surface area contributed by atoms with E-state index in [2.05, 4.69) is 5.32 Å². The van der Waals surface area contributed by atoms with E-state index in [1.165, 1.54) is 6.92 Å². The van der Waals surface area contributed by atoms with Crippen molar-refractivity contribution in [2.24, 2.45) is 5.92 Å². The van der Waals surface area contributed by atoms with Crippen LogP contribution in [0, 0.1) is 5.92 Å². The third kappa shape index (κ3) is 4.58. The molecule has 1 saturated carbocycles. The molecule has 1 aliphatic heterocycles. The Bertz CT molecular complexity index is 854. The zero-order valence-corrected chi connectivity index (χ0v) is 17.3. The number of carbonyl (C=O) groups is 5. The number of urea groups is 1. The highest BCUT2D eigenvalue weighted by Gasteiger charge is 2.49. The predicted molar refractivity (Wildman–Crippen MR) is 108 cm³/mol. The van der Waals surface area contributed by atoms with Gasteiger partial charge in [0.05, 0.1) is 6.04 Å². The maximum atomic E-state index is 12.8. The average molecular weight is 413 g/mol. The lowest BCUT2D eigenvalue weighted by atomic mass is 9.85. The van der Waals surface area contributed by atoms with E-state index in [0.29, 0.717) is 17.7 Å². The van der Waals surface area contributed by atoms with Crippen LogP contribution in [0.25, 0.3) is 0 Å². The topological polar surface area (TPSA) is 104 Å². The zero-order valence-electron chi connectivity index (χ0n) is 17.3. The first-order valence-electron chi connectivity index (χ1n) is 10.3. The molecule has 2 fully saturated rings. The summed E-state index contributed by atoms with van der Waals surface area (Å²) in [7, 11) is 0. The molecule has 1 aliphatic carbocycles. The largest absolute Gasteiger partial charge is 0.344 e. The quantitative estimate of drug-likeness (QED) is 0.541. The first kappa shape index (κ1) is 21.7. The van der Waals surface area contributed by atoms with E-state index < -0.39 is 36.3 Å². The van der Waals surface area contributed by atoms with E-state index >= 15 is 0 Å². The van der Waals surface area contributed by atoms with E-state index in [9.17, 15) is 24.0 Å². The number of benzene rings is 1. The van der Waals surface area contributed by atoms with Gasteiger partial charge in [-0.3, -0.25) is 24.1 Å². The third-order valence-electron chi connectivity index (χ3n) is 5.89. The summed E-state index contributed by atoms with van der Waals surface area (Å²) in [5.74, 6) is -2.64. The second kappa shape index (κ2) is 9.19. The molecule has 8 nitrogen and oxygen atoms in total. The lowest BCUT2D eigenvalue weighted by Gasteiger charge is -2.34. The Labute approximate surface area is 175 Å². The molecule has 160 valence electrons. The fourth-order valence-corrected chi connectivity index (χ4v) is 4.16. The predicted octanol–water partition coefficient (Wildman–Crippen LogP) is 1.67. The number of Topliss-reactive ketones (excluding diaryl/α,β-unsaturated/α-hetero) is 1. The molecule has 0 unspecified atom stereocenters. The second-order valence-corrected chi connectivity index (χ2v) is 8.10. The molecule has 3 atom stereocenters. The number of imide groups is 2.